The molecule has 0 aliphatic heterocycles. The number of ether oxygens (including phenoxy) is 1. The highest BCUT2D eigenvalue weighted by atomic mass is 79.9. The van der Waals surface area contributed by atoms with Gasteiger partial charge in [-0.25, -0.2) is 13.6 Å². The molecule has 7 heteroatoms. The van der Waals surface area contributed by atoms with E-state index in [1.807, 2.05) is 4.98 Å². The predicted octanol–water partition coefficient (Wildman–Crippen LogP) is 2.38. The highest BCUT2D eigenvalue weighted by Gasteiger charge is 2.22. The van der Waals surface area contributed by atoms with Gasteiger partial charge in [0.2, 0.25) is 0 Å². The van der Waals surface area contributed by atoms with Crippen molar-refractivity contribution in [1.29, 1.82) is 0 Å². The van der Waals surface area contributed by atoms with Crippen LogP contribution in [0.3, 0.4) is 0 Å². The molecule has 0 fully saturated rings. The zero-order valence-corrected chi connectivity index (χ0v) is 10.5. The van der Waals surface area contributed by atoms with Gasteiger partial charge in [0, 0.05) is 10.9 Å². The van der Waals surface area contributed by atoms with Crippen LogP contribution in [0.2, 0.25) is 0 Å². The Hall–Kier alpha value is -1.24. The van der Waals surface area contributed by atoms with Gasteiger partial charge in [0.15, 0.2) is 0 Å². The molecule has 17 heavy (non-hydrogen) atoms. The number of carbonyl (C=O) groups is 1. The number of alkyl halides is 3. The number of rotatable bonds is 4. The first-order valence-corrected chi connectivity index (χ1v) is 5.90. The van der Waals surface area contributed by atoms with Crippen LogP contribution in [0, 0.1) is 0 Å². The largest absolute Gasteiger partial charge is 0.462 e. The van der Waals surface area contributed by atoms with Crippen molar-refractivity contribution in [3.63, 3.8) is 0 Å². The Morgan fingerprint density at radius 3 is 2.71 bits per heavy atom. The molecular formula is C10H10BrF2NO3. The second-order valence-corrected chi connectivity index (χ2v) is 3.67. The molecule has 1 rings (SSSR count). The van der Waals surface area contributed by atoms with Crippen LogP contribution in [-0.2, 0) is 10.1 Å². The Labute approximate surface area is 104 Å². The molecule has 0 unspecified atom stereocenters. The first-order valence-electron chi connectivity index (χ1n) is 4.78. The maximum atomic E-state index is 12.7. The molecule has 0 radical (unpaired) electrons. The van der Waals surface area contributed by atoms with Crippen molar-refractivity contribution >= 4 is 21.9 Å². The van der Waals surface area contributed by atoms with Crippen molar-refractivity contribution in [2.75, 3.05) is 6.61 Å². The SMILES string of the molecule is CCOC(=O)c1cc(CBr)c(=O)[nH]c1C(F)F. The van der Waals surface area contributed by atoms with E-state index in [0.717, 1.165) is 6.07 Å². The average molecular weight is 310 g/mol. The number of H-pyrrole nitrogens is 1. The summed E-state index contributed by atoms with van der Waals surface area (Å²) in [5, 5.41) is 0.165. The van der Waals surface area contributed by atoms with Gasteiger partial charge in [-0.15, -0.1) is 0 Å². The average Bonchev–Trinajstić information content (AvgIpc) is 2.28. The molecule has 0 spiro atoms. The number of esters is 1. The number of carbonyl (C=O) groups excluding carboxylic acids is 1. The zero-order chi connectivity index (χ0) is 13.0. The number of hydrogen-bond acceptors (Lipinski definition) is 3. The molecule has 0 aliphatic carbocycles. The number of aromatic amines is 1. The maximum absolute atomic E-state index is 12.7. The van der Waals surface area contributed by atoms with E-state index in [1.54, 1.807) is 6.92 Å². The number of pyridine rings is 1. The van der Waals surface area contributed by atoms with E-state index in [4.69, 9.17) is 0 Å². The maximum Gasteiger partial charge on any atom is 0.340 e. The Morgan fingerprint density at radius 2 is 2.24 bits per heavy atom. The van der Waals surface area contributed by atoms with E-state index in [0.29, 0.717) is 0 Å². The molecule has 1 aromatic heterocycles. The van der Waals surface area contributed by atoms with Gasteiger partial charge in [0.1, 0.15) is 0 Å². The fraction of sp³-hybridized carbons (Fsp3) is 0.400. The lowest BCUT2D eigenvalue weighted by Crippen LogP contribution is -2.19. The fourth-order valence-corrected chi connectivity index (χ4v) is 1.65. The first kappa shape index (κ1) is 13.8. The fourth-order valence-electron chi connectivity index (χ4n) is 1.24. The summed E-state index contributed by atoms with van der Waals surface area (Å²) in [4.78, 5) is 24.8. The van der Waals surface area contributed by atoms with Crippen LogP contribution < -0.4 is 5.56 Å². The third-order valence-electron chi connectivity index (χ3n) is 2.01. The minimum atomic E-state index is -2.94. The van der Waals surface area contributed by atoms with Crippen molar-refractivity contribution in [2.24, 2.45) is 0 Å². The Balaban J connectivity index is 3.33. The lowest BCUT2D eigenvalue weighted by Gasteiger charge is -2.09. The molecule has 0 atom stereocenters. The summed E-state index contributed by atoms with van der Waals surface area (Å²) in [7, 11) is 0. The van der Waals surface area contributed by atoms with Crippen LogP contribution in [0.15, 0.2) is 10.9 Å². The minimum Gasteiger partial charge on any atom is -0.462 e. The summed E-state index contributed by atoms with van der Waals surface area (Å²) in [6.45, 7) is 1.64. The summed E-state index contributed by atoms with van der Waals surface area (Å²) in [6.07, 6.45) is -2.94. The lowest BCUT2D eigenvalue weighted by atomic mass is 10.1. The summed E-state index contributed by atoms with van der Waals surface area (Å²) in [6, 6.07) is 1.12. The first-order chi connectivity index (χ1) is 8.01. The van der Waals surface area contributed by atoms with E-state index in [-0.39, 0.29) is 23.1 Å². The molecule has 0 aromatic carbocycles. The van der Waals surface area contributed by atoms with E-state index in [9.17, 15) is 18.4 Å². The number of aromatic nitrogens is 1. The van der Waals surface area contributed by atoms with Gasteiger partial charge in [-0.1, -0.05) is 15.9 Å². The smallest absolute Gasteiger partial charge is 0.340 e. The van der Waals surface area contributed by atoms with E-state index in [2.05, 4.69) is 20.7 Å². The molecule has 1 heterocycles. The molecule has 1 N–H and O–H groups in total. The van der Waals surface area contributed by atoms with Crippen molar-refractivity contribution < 1.29 is 18.3 Å². The van der Waals surface area contributed by atoms with Crippen molar-refractivity contribution in [2.45, 2.75) is 18.7 Å². The molecule has 0 saturated carbocycles. The van der Waals surface area contributed by atoms with Crippen LogP contribution in [-0.4, -0.2) is 17.6 Å². The van der Waals surface area contributed by atoms with E-state index in [1.165, 1.54) is 0 Å². The van der Waals surface area contributed by atoms with Gasteiger partial charge < -0.3 is 9.72 Å². The summed E-state index contributed by atoms with van der Waals surface area (Å²) in [5.41, 5.74) is -1.48. The highest BCUT2D eigenvalue weighted by Crippen LogP contribution is 2.21. The van der Waals surface area contributed by atoms with Gasteiger partial charge in [-0.05, 0) is 13.0 Å². The predicted molar refractivity (Wildman–Crippen MR) is 60.6 cm³/mol. The molecule has 1 aromatic rings. The topological polar surface area (TPSA) is 59.2 Å². The van der Waals surface area contributed by atoms with Gasteiger partial charge in [-0.2, -0.15) is 0 Å². The van der Waals surface area contributed by atoms with Crippen LogP contribution in [0.1, 0.15) is 35.0 Å². The Bertz CT molecular complexity index is 473. The molecule has 0 amide bonds. The second-order valence-electron chi connectivity index (χ2n) is 3.11. The van der Waals surface area contributed by atoms with Crippen molar-refractivity contribution in [3.8, 4) is 0 Å². The van der Waals surface area contributed by atoms with Crippen LogP contribution >= 0.6 is 15.9 Å². The summed E-state index contributed by atoms with van der Waals surface area (Å²) < 4.78 is 30.0. The highest BCUT2D eigenvalue weighted by molar-refractivity contribution is 9.08. The minimum absolute atomic E-state index is 0.0737. The van der Waals surface area contributed by atoms with Crippen LogP contribution in [0.5, 0.6) is 0 Å². The van der Waals surface area contributed by atoms with E-state index < -0.39 is 23.6 Å². The van der Waals surface area contributed by atoms with Crippen LogP contribution in [0.4, 0.5) is 8.78 Å². The molecule has 0 saturated heterocycles. The summed E-state index contributed by atoms with van der Waals surface area (Å²) in [5.74, 6) is -0.874. The monoisotopic (exact) mass is 309 g/mol. The van der Waals surface area contributed by atoms with Crippen LogP contribution in [0.25, 0.3) is 0 Å². The Morgan fingerprint density at radius 1 is 1.59 bits per heavy atom. The van der Waals surface area contributed by atoms with Gasteiger partial charge >= 0.3 is 5.97 Å². The standard InChI is InChI=1S/C10H10BrF2NO3/c1-2-17-10(16)6-3-5(4-11)9(15)14-7(6)8(12)13/h3,8H,2,4H2,1H3,(H,14,15). The third kappa shape index (κ3) is 3.12. The molecule has 0 aliphatic rings. The van der Waals surface area contributed by atoms with Gasteiger partial charge in [0.25, 0.3) is 12.0 Å². The molecule has 4 nitrogen and oxygen atoms in total. The van der Waals surface area contributed by atoms with Crippen molar-refractivity contribution in [1.82, 2.24) is 4.98 Å². The second kappa shape index (κ2) is 5.90. The van der Waals surface area contributed by atoms with Crippen molar-refractivity contribution in [3.05, 3.63) is 33.2 Å². The summed E-state index contributed by atoms with van der Waals surface area (Å²) >= 11 is 3.03. The third-order valence-corrected chi connectivity index (χ3v) is 2.61. The van der Waals surface area contributed by atoms with Gasteiger partial charge in [-0.3, -0.25) is 4.79 Å². The molecule has 0 bridgehead atoms. The molecular weight excluding hydrogens is 300 g/mol. The quantitative estimate of drug-likeness (QED) is 0.686. The van der Waals surface area contributed by atoms with Gasteiger partial charge in [0.05, 0.1) is 17.9 Å². The van der Waals surface area contributed by atoms with E-state index >= 15 is 0 Å². The number of halogens is 3. The lowest BCUT2D eigenvalue weighted by molar-refractivity contribution is 0.0513. The normalized spacial score (nSPS) is 10.6. The number of nitrogens with one attached hydrogen (secondary N) is 1. The Kier molecular flexibility index (Phi) is 4.80. The number of hydrogen-bond donors (Lipinski definition) is 1. The zero-order valence-electron chi connectivity index (χ0n) is 8.93. The molecule has 94 valence electrons.